The fourth-order valence-electron chi connectivity index (χ4n) is 5.45. The van der Waals surface area contributed by atoms with Crippen LogP contribution >= 0.6 is 12.4 Å². The number of likely N-dealkylation sites (tertiary alicyclic amines) is 1. The number of benzene rings is 2. The molecule has 250 valence electrons. The number of likely N-dealkylation sites (N-methyl/N-ethyl adjacent to an activating group) is 1. The maximum Gasteiger partial charge on any atom is 0.247 e. The van der Waals surface area contributed by atoms with E-state index < -0.39 is 23.5 Å². The van der Waals surface area contributed by atoms with Gasteiger partial charge < -0.3 is 35.5 Å². The number of imidazole rings is 1. The lowest BCUT2D eigenvalue weighted by Gasteiger charge is -2.36. The number of halogens is 1. The van der Waals surface area contributed by atoms with Crippen molar-refractivity contribution in [3.63, 3.8) is 0 Å². The molecular formula is C33H42ClN9O4. The molecule has 14 heteroatoms. The van der Waals surface area contributed by atoms with E-state index in [0.29, 0.717) is 47.5 Å². The van der Waals surface area contributed by atoms with Crippen molar-refractivity contribution < 1.29 is 19.1 Å². The van der Waals surface area contributed by atoms with Crippen LogP contribution < -0.4 is 26.0 Å². The summed E-state index contributed by atoms with van der Waals surface area (Å²) in [7, 11) is 3.21. The molecule has 1 aliphatic heterocycles. The highest BCUT2D eigenvalue weighted by molar-refractivity contribution is 6.03. The van der Waals surface area contributed by atoms with Crippen molar-refractivity contribution >= 4 is 58.2 Å². The predicted molar refractivity (Wildman–Crippen MR) is 183 cm³/mol. The van der Waals surface area contributed by atoms with E-state index in [1.807, 2.05) is 55.8 Å². The molecule has 2 aromatic heterocycles. The van der Waals surface area contributed by atoms with Crippen LogP contribution in [-0.2, 0) is 14.4 Å². The van der Waals surface area contributed by atoms with Crippen LogP contribution in [0.25, 0.3) is 16.6 Å². The van der Waals surface area contributed by atoms with Crippen molar-refractivity contribution in [2.45, 2.75) is 58.7 Å². The Bertz CT molecular complexity index is 1710. The molecule has 0 unspecified atom stereocenters. The molecule has 2 aromatic carbocycles. The molecule has 1 aliphatic rings. The van der Waals surface area contributed by atoms with E-state index >= 15 is 0 Å². The smallest absolute Gasteiger partial charge is 0.247 e. The van der Waals surface area contributed by atoms with Crippen molar-refractivity contribution in [3.8, 4) is 11.4 Å². The molecule has 3 amide bonds. The zero-order valence-corrected chi connectivity index (χ0v) is 28.2. The number of hydrogen-bond donors (Lipinski definition) is 4. The van der Waals surface area contributed by atoms with Crippen LogP contribution in [0.5, 0.6) is 5.75 Å². The Morgan fingerprint density at radius 3 is 2.47 bits per heavy atom. The summed E-state index contributed by atoms with van der Waals surface area (Å²) >= 11 is 0. The van der Waals surface area contributed by atoms with Gasteiger partial charge in [-0.3, -0.25) is 14.4 Å². The quantitative estimate of drug-likeness (QED) is 0.197. The number of methoxy groups -OCH3 is 1. The number of hydrogen-bond acceptors (Lipinski definition) is 9. The van der Waals surface area contributed by atoms with Gasteiger partial charge in [0.25, 0.3) is 0 Å². The van der Waals surface area contributed by atoms with Gasteiger partial charge in [-0.25, -0.2) is 15.0 Å². The topological polar surface area (TPSA) is 155 Å². The Morgan fingerprint density at radius 1 is 1.09 bits per heavy atom. The summed E-state index contributed by atoms with van der Waals surface area (Å²) in [5.41, 5.74) is 2.26. The third kappa shape index (κ3) is 7.80. The van der Waals surface area contributed by atoms with Gasteiger partial charge in [-0.1, -0.05) is 20.8 Å². The van der Waals surface area contributed by atoms with Crippen molar-refractivity contribution in [1.82, 2.24) is 35.1 Å². The highest BCUT2D eigenvalue weighted by atomic mass is 35.5. The van der Waals surface area contributed by atoms with Crippen LogP contribution in [0.1, 0.15) is 40.5 Å². The number of carbonyl (C=O) groups excluding carboxylic acids is 3. The number of aromatic nitrogens is 4. The van der Waals surface area contributed by atoms with Gasteiger partial charge in [-0.2, -0.15) is 0 Å². The van der Waals surface area contributed by atoms with Crippen molar-refractivity contribution in [3.05, 3.63) is 61.4 Å². The number of carbonyl (C=O) groups is 3. The molecule has 47 heavy (non-hydrogen) atoms. The van der Waals surface area contributed by atoms with E-state index in [0.717, 1.165) is 11.4 Å². The maximum atomic E-state index is 13.9. The lowest BCUT2D eigenvalue weighted by atomic mass is 9.85. The fraction of sp³-hybridized carbons (Fsp3) is 0.394. The van der Waals surface area contributed by atoms with E-state index in [1.54, 1.807) is 43.5 Å². The van der Waals surface area contributed by atoms with E-state index in [4.69, 9.17) is 4.74 Å². The van der Waals surface area contributed by atoms with Crippen molar-refractivity contribution in [1.29, 1.82) is 0 Å². The summed E-state index contributed by atoms with van der Waals surface area (Å²) < 4.78 is 7.53. The first kappa shape index (κ1) is 35.1. The Labute approximate surface area is 280 Å². The molecule has 13 nitrogen and oxygen atoms in total. The molecule has 3 heterocycles. The van der Waals surface area contributed by atoms with Gasteiger partial charge in [0.15, 0.2) is 0 Å². The second kappa shape index (κ2) is 14.8. The highest BCUT2D eigenvalue weighted by Crippen LogP contribution is 2.34. The van der Waals surface area contributed by atoms with Crippen LogP contribution in [0, 0.1) is 5.41 Å². The summed E-state index contributed by atoms with van der Waals surface area (Å²) in [4.78, 5) is 54.9. The minimum absolute atomic E-state index is 0. The lowest BCUT2D eigenvalue weighted by Crippen LogP contribution is -2.59. The molecule has 4 aromatic rings. The summed E-state index contributed by atoms with van der Waals surface area (Å²) in [5, 5.41) is 12.8. The zero-order valence-electron chi connectivity index (χ0n) is 27.4. The Morgan fingerprint density at radius 2 is 1.83 bits per heavy atom. The largest absolute Gasteiger partial charge is 0.494 e. The van der Waals surface area contributed by atoms with Crippen molar-refractivity contribution in [2.75, 3.05) is 31.3 Å². The molecule has 3 atom stereocenters. The van der Waals surface area contributed by atoms with E-state index in [9.17, 15) is 14.4 Å². The van der Waals surface area contributed by atoms with Crippen LogP contribution in [0.3, 0.4) is 0 Å². The van der Waals surface area contributed by atoms with Gasteiger partial charge in [0.1, 0.15) is 30.0 Å². The molecular weight excluding hydrogens is 622 g/mol. The number of fused-ring (bicyclic) bond motifs is 1. The molecule has 0 radical (unpaired) electrons. The average Bonchev–Trinajstić information content (AvgIpc) is 3.76. The minimum Gasteiger partial charge on any atom is -0.494 e. The molecule has 1 saturated heterocycles. The molecule has 0 saturated carbocycles. The van der Waals surface area contributed by atoms with Gasteiger partial charge in [-0.05, 0) is 62.6 Å². The standard InChI is InChI=1S/C33H41N9O4.ClH/c1-20(34-5)30(43)40-28(33(2,3)4)32(45)42-14-7-8-26(42)31(44)39-25-16-23-24(17-27(25)46-6)36-18-37-29(23)38-21-9-11-22(12-10-21)41-15-13-35-19-41;/h9-13,15-20,26,28,34H,7-8,14H2,1-6H3,(H,39,44)(H,40,43)(H,36,37,38);1H/t20-,26-,28+;/m0./s1. The Hall–Kier alpha value is -4.75. The third-order valence-corrected chi connectivity index (χ3v) is 8.21. The summed E-state index contributed by atoms with van der Waals surface area (Å²) in [6, 6.07) is 9.33. The lowest BCUT2D eigenvalue weighted by molar-refractivity contribution is -0.143. The van der Waals surface area contributed by atoms with Gasteiger partial charge >= 0.3 is 0 Å². The maximum absolute atomic E-state index is 13.9. The van der Waals surface area contributed by atoms with Crippen LogP contribution in [-0.4, -0.2) is 81.0 Å². The van der Waals surface area contributed by atoms with Gasteiger partial charge in [0.2, 0.25) is 17.7 Å². The average molecular weight is 664 g/mol. The van der Waals surface area contributed by atoms with Crippen LogP contribution in [0.4, 0.5) is 17.2 Å². The zero-order chi connectivity index (χ0) is 33.0. The van der Waals surface area contributed by atoms with Gasteiger partial charge in [0.05, 0.1) is 30.7 Å². The number of nitrogens with zero attached hydrogens (tertiary/aromatic N) is 5. The molecule has 0 bridgehead atoms. The summed E-state index contributed by atoms with van der Waals surface area (Å²) in [6.07, 6.45) is 7.95. The molecule has 1 fully saturated rings. The van der Waals surface area contributed by atoms with Gasteiger partial charge in [-0.15, -0.1) is 12.4 Å². The summed E-state index contributed by atoms with van der Waals surface area (Å²) in [6.45, 7) is 7.83. The number of ether oxygens (including phenoxy) is 1. The molecule has 5 rings (SSSR count). The number of anilines is 3. The minimum atomic E-state index is -0.806. The SMILES string of the molecule is CN[C@@H](C)C(=O)N[C@H](C(=O)N1CCC[C@H]1C(=O)Nc1cc2c(Nc3ccc(-n4ccnc4)cc3)ncnc2cc1OC)C(C)(C)C.Cl. The molecule has 0 spiro atoms. The number of amides is 3. The monoisotopic (exact) mass is 663 g/mol. The Balaban J connectivity index is 0.00000500. The molecule has 4 N–H and O–H groups in total. The Kier molecular flexibility index (Phi) is 11.0. The van der Waals surface area contributed by atoms with Gasteiger partial charge in [0, 0.05) is 41.8 Å². The fourth-order valence-corrected chi connectivity index (χ4v) is 5.45. The first-order valence-corrected chi connectivity index (χ1v) is 15.3. The van der Waals surface area contributed by atoms with E-state index in [1.165, 1.54) is 13.4 Å². The first-order valence-electron chi connectivity index (χ1n) is 15.3. The first-order chi connectivity index (χ1) is 22.0. The van der Waals surface area contributed by atoms with Crippen LogP contribution in [0.15, 0.2) is 61.4 Å². The normalized spacial score (nSPS) is 15.8. The summed E-state index contributed by atoms with van der Waals surface area (Å²) in [5.74, 6) is 0.0686. The predicted octanol–water partition coefficient (Wildman–Crippen LogP) is 4.06. The third-order valence-electron chi connectivity index (χ3n) is 8.21. The molecule has 0 aliphatic carbocycles. The van der Waals surface area contributed by atoms with Crippen LogP contribution in [0.2, 0.25) is 0 Å². The second-order valence-corrected chi connectivity index (χ2v) is 12.4. The van der Waals surface area contributed by atoms with E-state index in [-0.39, 0.29) is 30.1 Å². The van der Waals surface area contributed by atoms with Crippen molar-refractivity contribution in [2.24, 2.45) is 5.41 Å². The number of nitrogens with one attached hydrogen (secondary N) is 4. The van der Waals surface area contributed by atoms with E-state index in [2.05, 4.69) is 36.2 Å². The number of rotatable bonds is 10. The highest BCUT2D eigenvalue weighted by Gasteiger charge is 2.42. The second-order valence-electron chi connectivity index (χ2n) is 12.4.